The van der Waals surface area contributed by atoms with E-state index in [4.69, 9.17) is 29.2 Å². The molecule has 0 aromatic heterocycles. The Balaban J connectivity index is 0.000000206. The second kappa shape index (κ2) is 22.3. The van der Waals surface area contributed by atoms with E-state index in [1.54, 1.807) is 56.4 Å². The van der Waals surface area contributed by atoms with Crippen LogP contribution in [0.3, 0.4) is 0 Å². The maximum atomic E-state index is 12.7. The summed E-state index contributed by atoms with van der Waals surface area (Å²) in [5, 5.41) is 18.0. The first-order valence-electron chi connectivity index (χ1n) is 23.6. The molecule has 2 fully saturated rings. The molecule has 2 atom stereocenters. The van der Waals surface area contributed by atoms with Crippen molar-refractivity contribution in [2.45, 2.75) is 52.6 Å². The van der Waals surface area contributed by atoms with Gasteiger partial charge in [0.15, 0.2) is 23.0 Å². The molecule has 0 spiro atoms. The number of benzene rings is 4. The molecule has 18 heteroatoms. The third-order valence-electron chi connectivity index (χ3n) is 13.3. The molecule has 6 amide bonds. The second-order valence-corrected chi connectivity index (χ2v) is 17.6. The average molecular weight is 959 g/mol. The minimum absolute atomic E-state index is 0.118. The van der Waals surface area contributed by atoms with Crippen molar-refractivity contribution in [2.75, 3.05) is 105 Å². The van der Waals surface area contributed by atoms with E-state index in [1.807, 2.05) is 72.2 Å². The summed E-state index contributed by atoms with van der Waals surface area (Å²) in [4.78, 5) is 56.9. The fraction of sp³-hybridized carbons (Fsp3) is 0.423. The summed E-state index contributed by atoms with van der Waals surface area (Å²) < 4.78 is 22.2. The number of piperazine rings is 2. The molecule has 0 saturated carbocycles. The molecule has 4 aliphatic heterocycles. The third kappa shape index (κ3) is 10.9. The summed E-state index contributed by atoms with van der Waals surface area (Å²) in [6.07, 6.45) is 1.24. The van der Waals surface area contributed by atoms with Gasteiger partial charge in [0.05, 0.1) is 51.9 Å². The van der Waals surface area contributed by atoms with E-state index in [0.29, 0.717) is 47.3 Å². The molecule has 0 bridgehead atoms. The van der Waals surface area contributed by atoms with Crippen molar-refractivity contribution >= 4 is 46.7 Å². The number of ether oxygens (including phenoxy) is 4. The number of hydrogen-bond donors (Lipinski definition) is 2. The first-order valence-corrected chi connectivity index (χ1v) is 23.6. The van der Waals surface area contributed by atoms with Gasteiger partial charge in [-0.3, -0.25) is 9.59 Å². The maximum absolute atomic E-state index is 12.7. The molecule has 1 unspecified atom stereocenters. The molecule has 8 rings (SSSR count). The Bertz CT molecular complexity index is 2430. The van der Waals surface area contributed by atoms with Crippen LogP contribution in [-0.4, -0.2) is 162 Å². The molecule has 4 aromatic carbocycles. The predicted octanol–water partition coefficient (Wildman–Crippen LogP) is 5.42. The van der Waals surface area contributed by atoms with Crippen LogP contribution >= 0.6 is 0 Å². The summed E-state index contributed by atoms with van der Waals surface area (Å²) in [6.45, 7) is 13.2. The van der Waals surface area contributed by atoms with Gasteiger partial charge in [0.25, 0.3) is 0 Å². The first kappa shape index (κ1) is 50.4. The smallest absolute Gasteiger partial charge is 0.337 e. The van der Waals surface area contributed by atoms with Crippen LogP contribution < -0.4 is 39.4 Å². The zero-order valence-electron chi connectivity index (χ0n) is 42.0. The Morgan fingerprint density at radius 3 is 1.10 bits per heavy atom. The van der Waals surface area contributed by atoms with Crippen molar-refractivity contribution in [3.05, 3.63) is 106 Å². The Morgan fingerprint density at radius 2 is 0.814 bits per heavy atom. The van der Waals surface area contributed by atoms with Crippen LogP contribution in [0.2, 0.25) is 0 Å². The molecule has 372 valence electrons. The van der Waals surface area contributed by atoms with Gasteiger partial charge in [0, 0.05) is 114 Å². The largest absolute Gasteiger partial charge is 0.493 e. The molecular weight excluding hydrogens is 893 g/mol. The lowest BCUT2D eigenvalue weighted by Gasteiger charge is -2.35. The van der Waals surface area contributed by atoms with E-state index in [1.165, 1.54) is 10.0 Å². The SMILES string of the molecule is CNC(=O)N1N=C(c2ccc(N3CCN(C(C)=O)CC3)cc2)c2cc(OC)c(OC)cc2CC1C.CNC(=O)N1N=C(c2ccc(N3CCN(C(C)=O)CC3)cc2)c2cc(OC)c(OC)cc2C[C@@H]1C. The van der Waals surface area contributed by atoms with E-state index in [-0.39, 0.29) is 36.0 Å². The summed E-state index contributed by atoms with van der Waals surface area (Å²) in [5.41, 5.74) is 9.25. The standard InChI is InChI=1S/2C26H33N5O4/c2*1-17-14-20-15-23(34-4)24(35-5)16-22(20)25(28-31(17)26(33)27-3)19-6-8-21(9-7-19)30-12-10-29(11-13-30)18(2)32/h2*6-9,15-17H,10-14H2,1-5H3,(H,27,33)/t17-;/m0./s1. The number of carbonyl (C=O) groups excluding carboxylic acids is 4. The summed E-state index contributed by atoms with van der Waals surface area (Å²) in [6, 6.07) is 23.4. The van der Waals surface area contributed by atoms with Gasteiger partial charge >= 0.3 is 12.1 Å². The number of nitrogens with zero attached hydrogens (tertiary/aromatic N) is 8. The van der Waals surface area contributed by atoms with Crippen molar-refractivity contribution in [3.63, 3.8) is 0 Å². The number of carbonyl (C=O) groups is 4. The summed E-state index contributed by atoms with van der Waals surface area (Å²) in [7, 11) is 9.66. The first-order chi connectivity index (χ1) is 33.7. The number of amides is 6. The number of hydrogen-bond acceptors (Lipinski definition) is 12. The molecule has 4 heterocycles. The monoisotopic (exact) mass is 959 g/mol. The molecule has 0 aliphatic carbocycles. The van der Waals surface area contributed by atoms with Crippen LogP contribution in [0.4, 0.5) is 21.0 Å². The lowest BCUT2D eigenvalue weighted by Crippen LogP contribution is -2.48. The molecule has 4 aromatic rings. The van der Waals surface area contributed by atoms with Crippen LogP contribution in [0.1, 0.15) is 61.1 Å². The van der Waals surface area contributed by atoms with E-state index in [0.717, 1.165) is 97.1 Å². The van der Waals surface area contributed by atoms with Gasteiger partial charge in [0.2, 0.25) is 11.8 Å². The highest BCUT2D eigenvalue weighted by Gasteiger charge is 2.31. The molecule has 2 N–H and O–H groups in total. The van der Waals surface area contributed by atoms with Crippen molar-refractivity contribution in [3.8, 4) is 23.0 Å². The minimum Gasteiger partial charge on any atom is -0.493 e. The quantitative estimate of drug-likeness (QED) is 0.232. The van der Waals surface area contributed by atoms with Crippen molar-refractivity contribution in [1.29, 1.82) is 0 Å². The molecule has 2 saturated heterocycles. The van der Waals surface area contributed by atoms with Crippen molar-refractivity contribution < 1.29 is 38.1 Å². The molecule has 0 radical (unpaired) electrons. The number of hydrazone groups is 2. The van der Waals surface area contributed by atoms with Gasteiger partial charge in [0.1, 0.15) is 0 Å². The highest BCUT2D eigenvalue weighted by Crippen LogP contribution is 2.37. The topological polar surface area (TPSA) is 173 Å². The normalized spacial score (nSPS) is 17.8. The third-order valence-corrected chi connectivity index (χ3v) is 13.3. The Morgan fingerprint density at radius 1 is 0.500 bits per heavy atom. The molecule has 18 nitrogen and oxygen atoms in total. The summed E-state index contributed by atoms with van der Waals surface area (Å²) >= 11 is 0. The number of methoxy groups -OCH3 is 4. The van der Waals surface area contributed by atoms with Gasteiger partial charge in [-0.2, -0.15) is 10.2 Å². The predicted molar refractivity (Wildman–Crippen MR) is 271 cm³/mol. The van der Waals surface area contributed by atoms with E-state index in [9.17, 15) is 19.2 Å². The molecular formula is C52H66N10O8. The minimum atomic E-state index is -0.262. The van der Waals surface area contributed by atoms with Gasteiger partial charge in [-0.1, -0.05) is 24.3 Å². The number of urea groups is 2. The highest BCUT2D eigenvalue weighted by molar-refractivity contribution is 6.15. The lowest BCUT2D eigenvalue weighted by molar-refractivity contribution is -0.129. The second-order valence-electron chi connectivity index (χ2n) is 17.6. The molecule has 4 aliphatic rings. The summed E-state index contributed by atoms with van der Waals surface area (Å²) in [5.74, 6) is 2.75. The van der Waals surface area contributed by atoms with Crippen molar-refractivity contribution in [2.24, 2.45) is 10.2 Å². The van der Waals surface area contributed by atoms with Gasteiger partial charge in [-0.25, -0.2) is 19.6 Å². The molecule has 70 heavy (non-hydrogen) atoms. The number of rotatable bonds is 8. The van der Waals surface area contributed by atoms with E-state index in [2.05, 4.69) is 44.7 Å². The Kier molecular flexibility index (Phi) is 16.0. The van der Waals surface area contributed by atoms with Crippen molar-refractivity contribution in [1.82, 2.24) is 30.5 Å². The Labute approximate surface area is 410 Å². The van der Waals surface area contributed by atoms with E-state index >= 15 is 0 Å². The lowest BCUT2D eigenvalue weighted by atomic mass is 9.94. The zero-order chi connectivity index (χ0) is 50.2. The Hall–Kier alpha value is -7.50. The maximum Gasteiger partial charge on any atom is 0.337 e. The van der Waals surface area contributed by atoms with Crippen LogP contribution in [0.15, 0.2) is 83.0 Å². The fourth-order valence-corrected chi connectivity index (χ4v) is 9.32. The van der Waals surface area contributed by atoms with Crippen LogP contribution in [0.25, 0.3) is 0 Å². The van der Waals surface area contributed by atoms with Gasteiger partial charge in [-0.05, 0) is 86.3 Å². The number of fused-ring (bicyclic) bond motifs is 2. The van der Waals surface area contributed by atoms with Crippen LogP contribution in [0.5, 0.6) is 23.0 Å². The average Bonchev–Trinajstić information content (AvgIpc) is 3.63. The zero-order valence-corrected chi connectivity index (χ0v) is 42.0. The van der Waals surface area contributed by atoms with Gasteiger partial charge < -0.3 is 49.2 Å². The number of anilines is 2. The van der Waals surface area contributed by atoms with Crippen LogP contribution in [0, 0.1) is 0 Å². The van der Waals surface area contributed by atoms with Gasteiger partial charge in [-0.15, -0.1) is 0 Å². The number of nitrogens with one attached hydrogen (secondary N) is 2. The highest BCUT2D eigenvalue weighted by atomic mass is 16.5. The van der Waals surface area contributed by atoms with Crippen LogP contribution in [-0.2, 0) is 22.4 Å². The van der Waals surface area contributed by atoms with E-state index < -0.39 is 0 Å². The fourth-order valence-electron chi connectivity index (χ4n) is 9.32.